The molecule has 0 unspecified atom stereocenters. The van der Waals surface area contributed by atoms with Crippen molar-refractivity contribution in [2.45, 2.75) is 12.8 Å². The summed E-state index contributed by atoms with van der Waals surface area (Å²) in [7, 11) is 0. The predicted octanol–water partition coefficient (Wildman–Crippen LogP) is 4.25. The third-order valence-corrected chi connectivity index (χ3v) is 4.49. The molecule has 4 rings (SSSR count). The summed E-state index contributed by atoms with van der Waals surface area (Å²) < 4.78 is 10.7. The van der Waals surface area contributed by atoms with Gasteiger partial charge in [-0.05, 0) is 35.8 Å². The predicted molar refractivity (Wildman–Crippen MR) is 96.4 cm³/mol. The molecule has 0 radical (unpaired) electrons. The van der Waals surface area contributed by atoms with Crippen LogP contribution in [0.5, 0.6) is 11.5 Å². The molecule has 0 N–H and O–H groups in total. The van der Waals surface area contributed by atoms with Gasteiger partial charge in [0.1, 0.15) is 12.5 Å². The smallest absolute Gasteiger partial charge is 0.169 e. The van der Waals surface area contributed by atoms with Crippen LogP contribution < -0.4 is 9.47 Å². The van der Waals surface area contributed by atoms with Gasteiger partial charge < -0.3 is 14.4 Å². The van der Waals surface area contributed by atoms with Crippen LogP contribution in [-0.2, 0) is 0 Å². The van der Waals surface area contributed by atoms with Crippen LogP contribution in [0.4, 0.5) is 0 Å². The Balaban J connectivity index is 1.37. The first-order valence-corrected chi connectivity index (χ1v) is 8.45. The molecule has 2 heterocycles. The number of hydrogen-bond acceptors (Lipinski definition) is 4. The van der Waals surface area contributed by atoms with E-state index >= 15 is 0 Å². The van der Waals surface area contributed by atoms with Crippen LogP contribution in [0.15, 0.2) is 67.3 Å². The largest absolute Gasteiger partial charge is 0.458 e. The Morgan fingerprint density at radius 1 is 1.00 bits per heavy atom. The molecule has 4 heteroatoms. The molecule has 0 saturated carbocycles. The van der Waals surface area contributed by atoms with Gasteiger partial charge in [0.05, 0.1) is 0 Å². The van der Waals surface area contributed by atoms with Crippen LogP contribution >= 0.6 is 0 Å². The Bertz CT molecular complexity index is 839. The molecule has 4 nitrogen and oxygen atoms in total. The maximum Gasteiger partial charge on any atom is 0.169 e. The van der Waals surface area contributed by atoms with E-state index in [1.165, 1.54) is 23.7 Å². The molecule has 2 aliphatic rings. The van der Waals surface area contributed by atoms with Crippen LogP contribution in [0, 0.1) is 0 Å². The van der Waals surface area contributed by atoms with Crippen LogP contribution in [0.1, 0.15) is 28.8 Å². The Morgan fingerprint density at radius 2 is 1.80 bits per heavy atom. The lowest BCUT2D eigenvalue weighted by molar-refractivity contribution is 0.0973. The van der Waals surface area contributed by atoms with Gasteiger partial charge in [-0.15, -0.1) is 0 Å². The van der Waals surface area contributed by atoms with Crippen molar-refractivity contribution in [3.8, 4) is 11.5 Å². The van der Waals surface area contributed by atoms with Crippen LogP contribution in [-0.4, -0.2) is 23.8 Å². The first-order chi connectivity index (χ1) is 12.3. The highest BCUT2D eigenvalue weighted by atomic mass is 16.5. The van der Waals surface area contributed by atoms with Crippen molar-refractivity contribution in [3.05, 3.63) is 78.4 Å². The number of carbonyl (C=O) groups is 1. The quantitative estimate of drug-likeness (QED) is 0.767. The summed E-state index contributed by atoms with van der Waals surface area (Å²) in [6.07, 6.45) is 6.63. The summed E-state index contributed by atoms with van der Waals surface area (Å²) in [5, 5.41) is 0. The van der Waals surface area contributed by atoms with Crippen LogP contribution in [0.3, 0.4) is 0 Å². The third-order valence-electron chi connectivity index (χ3n) is 4.49. The summed E-state index contributed by atoms with van der Waals surface area (Å²) in [6.45, 7) is 1.69. The van der Waals surface area contributed by atoms with Gasteiger partial charge in [-0.2, -0.15) is 0 Å². The second kappa shape index (κ2) is 6.85. The molecule has 25 heavy (non-hydrogen) atoms. The molecule has 0 fully saturated rings. The normalized spacial score (nSPS) is 15.2. The molecule has 0 amide bonds. The minimum absolute atomic E-state index is 0.113. The molecule has 0 spiro atoms. The minimum atomic E-state index is 0.113. The zero-order valence-electron chi connectivity index (χ0n) is 13.9. The molecule has 2 aromatic rings. The lowest BCUT2D eigenvalue weighted by atomic mass is 10.1. The number of carbonyl (C=O) groups excluding carboxylic acids is 1. The van der Waals surface area contributed by atoms with E-state index in [2.05, 4.69) is 35.4 Å². The number of ketones is 1. The molecule has 0 atom stereocenters. The molecular formula is C21H19NO3. The van der Waals surface area contributed by atoms with E-state index in [1.54, 1.807) is 18.2 Å². The van der Waals surface area contributed by atoms with Crippen LogP contribution in [0.2, 0.25) is 0 Å². The SMILES string of the molecule is O=C(CCN1C=C(c2ccccc2)CC1)c1ccc2c(c1)OC=CO2. The number of Topliss-reactive ketones (excluding diaryl/α,β-unsaturated/α-hetero) is 1. The summed E-state index contributed by atoms with van der Waals surface area (Å²) in [4.78, 5) is 14.7. The van der Waals surface area contributed by atoms with Gasteiger partial charge in [0.15, 0.2) is 17.3 Å². The molecular weight excluding hydrogens is 314 g/mol. The Hall–Kier alpha value is -3.01. The minimum Gasteiger partial charge on any atom is -0.458 e. The van der Waals surface area contributed by atoms with E-state index in [0.717, 1.165) is 19.5 Å². The molecule has 2 aromatic carbocycles. The maximum absolute atomic E-state index is 12.5. The molecule has 0 bridgehead atoms. The van der Waals surface area contributed by atoms with Crippen molar-refractivity contribution >= 4 is 11.4 Å². The van der Waals surface area contributed by atoms with Gasteiger partial charge >= 0.3 is 0 Å². The zero-order chi connectivity index (χ0) is 17.1. The van der Waals surface area contributed by atoms with E-state index in [1.807, 2.05) is 6.07 Å². The fourth-order valence-corrected chi connectivity index (χ4v) is 3.12. The maximum atomic E-state index is 12.5. The Morgan fingerprint density at radius 3 is 2.64 bits per heavy atom. The van der Waals surface area contributed by atoms with Gasteiger partial charge in [-0.25, -0.2) is 0 Å². The molecule has 0 aromatic heterocycles. The van der Waals surface area contributed by atoms with Crippen molar-refractivity contribution < 1.29 is 14.3 Å². The topological polar surface area (TPSA) is 38.8 Å². The van der Waals surface area contributed by atoms with Crippen molar-refractivity contribution in [3.63, 3.8) is 0 Å². The standard InChI is InChI=1S/C21H19NO3/c23-19(17-6-7-20-21(14-17)25-13-12-24-20)9-11-22-10-8-18(15-22)16-4-2-1-3-5-16/h1-7,12-15H,8-11H2. The van der Waals surface area contributed by atoms with E-state index in [-0.39, 0.29) is 5.78 Å². The number of rotatable bonds is 5. The molecule has 126 valence electrons. The van der Waals surface area contributed by atoms with E-state index < -0.39 is 0 Å². The fraction of sp³-hybridized carbons (Fsp3) is 0.190. The second-order valence-electron chi connectivity index (χ2n) is 6.15. The molecule has 2 aliphatic heterocycles. The number of hydrogen-bond donors (Lipinski definition) is 0. The van der Waals surface area contributed by atoms with Crippen molar-refractivity contribution in [2.75, 3.05) is 13.1 Å². The van der Waals surface area contributed by atoms with Crippen molar-refractivity contribution in [2.24, 2.45) is 0 Å². The third kappa shape index (κ3) is 3.43. The number of benzene rings is 2. The van der Waals surface area contributed by atoms with Gasteiger partial charge in [-0.3, -0.25) is 4.79 Å². The van der Waals surface area contributed by atoms with Gasteiger partial charge in [0.2, 0.25) is 0 Å². The monoisotopic (exact) mass is 333 g/mol. The first kappa shape index (κ1) is 15.5. The van der Waals surface area contributed by atoms with Crippen molar-refractivity contribution in [1.82, 2.24) is 4.90 Å². The highest BCUT2D eigenvalue weighted by Crippen LogP contribution is 2.31. The first-order valence-electron chi connectivity index (χ1n) is 8.45. The van der Waals surface area contributed by atoms with E-state index in [0.29, 0.717) is 23.5 Å². The second-order valence-corrected chi connectivity index (χ2v) is 6.15. The van der Waals surface area contributed by atoms with Crippen LogP contribution in [0.25, 0.3) is 5.57 Å². The number of fused-ring (bicyclic) bond motifs is 1. The summed E-state index contributed by atoms with van der Waals surface area (Å²) in [5.74, 6) is 1.33. The van der Waals surface area contributed by atoms with E-state index in [4.69, 9.17) is 9.47 Å². The van der Waals surface area contributed by atoms with E-state index in [9.17, 15) is 4.79 Å². The Labute approximate surface area is 147 Å². The summed E-state index contributed by atoms with van der Waals surface area (Å²) in [6, 6.07) is 15.7. The summed E-state index contributed by atoms with van der Waals surface area (Å²) in [5.41, 5.74) is 3.25. The van der Waals surface area contributed by atoms with Gasteiger partial charge in [0.25, 0.3) is 0 Å². The average molecular weight is 333 g/mol. The Kier molecular flexibility index (Phi) is 4.25. The van der Waals surface area contributed by atoms with Gasteiger partial charge in [-0.1, -0.05) is 30.3 Å². The highest BCUT2D eigenvalue weighted by Gasteiger charge is 2.17. The number of ether oxygens (including phenoxy) is 2. The lowest BCUT2D eigenvalue weighted by Crippen LogP contribution is -2.18. The molecule has 0 saturated heterocycles. The lowest BCUT2D eigenvalue weighted by Gasteiger charge is -2.15. The molecule has 0 aliphatic carbocycles. The fourth-order valence-electron chi connectivity index (χ4n) is 3.12. The average Bonchev–Trinajstić information content (AvgIpc) is 3.15. The van der Waals surface area contributed by atoms with Crippen molar-refractivity contribution in [1.29, 1.82) is 0 Å². The highest BCUT2D eigenvalue weighted by molar-refractivity contribution is 5.96. The van der Waals surface area contributed by atoms with Gasteiger partial charge in [0, 0.05) is 31.3 Å². The number of nitrogens with zero attached hydrogens (tertiary/aromatic N) is 1. The summed E-state index contributed by atoms with van der Waals surface area (Å²) >= 11 is 0. The zero-order valence-corrected chi connectivity index (χ0v) is 13.9.